The summed E-state index contributed by atoms with van der Waals surface area (Å²) in [6.45, 7) is 3.69. The van der Waals surface area contributed by atoms with Gasteiger partial charge in [0.15, 0.2) is 0 Å². The van der Waals surface area contributed by atoms with Crippen molar-refractivity contribution in [2.24, 2.45) is 0 Å². The largest absolute Gasteiger partial charge is 0.398 e. The Morgan fingerprint density at radius 1 is 1.30 bits per heavy atom. The Morgan fingerprint density at radius 3 is 2.65 bits per heavy atom. The zero-order chi connectivity index (χ0) is 14.4. The zero-order valence-electron chi connectivity index (χ0n) is 11.1. The Kier molecular flexibility index (Phi) is 2.83. The molecule has 1 aliphatic heterocycles. The predicted octanol–water partition coefficient (Wildman–Crippen LogP) is 2.39. The Labute approximate surface area is 120 Å². The Balaban J connectivity index is 2.04. The first-order chi connectivity index (χ1) is 9.50. The lowest BCUT2D eigenvalue weighted by Gasteiger charge is -2.20. The highest BCUT2D eigenvalue weighted by Crippen LogP contribution is 2.33. The lowest BCUT2D eigenvalue weighted by molar-refractivity contribution is 0.0593. The Morgan fingerprint density at radius 2 is 2.05 bits per heavy atom. The summed E-state index contributed by atoms with van der Waals surface area (Å²) >= 11 is 1.50. The van der Waals surface area contributed by atoms with Gasteiger partial charge >= 0.3 is 0 Å². The van der Waals surface area contributed by atoms with Crippen molar-refractivity contribution in [2.45, 2.75) is 19.9 Å². The monoisotopic (exact) mass is 287 g/mol. The molecule has 1 atom stereocenters. The minimum absolute atomic E-state index is 0.302. The van der Waals surface area contributed by atoms with Gasteiger partial charge in [0.1, 0.15) is 0 Å². The van der Waals surface area contributed by atoms with E-state index >= 15 is 0 Å². The Bertz CT molecular complexity index is 723. The summed E-state index contributed by atoms with van der Waals surface area (Å²) in [5.74, 6) is -0.656. The molecule has 0 spiro atoms. The van der Waals surface area contributed by atoms with Crippen molar-refractivity contribution in [1.29, 1.82) is 0 Å². The van der Waals surface area contributed by atoms with Crippen molar-refractivity contribution in [2.75, 3.05) is 5.73 Å². The first-order valence-electron chi connectivity index (χ1n) is 6.19. The highest BCUT2D eigenvalue weighted by atomic mass is 32.1. The number of aromatic nitrogens is 1. The molecule has 0 saturated heterocycles. The van der Waals surface area contributed by atoms with Crippen LogP contribution in [0.3, 0.4) is 0 Å². The molecule has 0 bridgehead atoms. The van der Waals surface area contributed by atoms with E-state index in [4.69, 9.17) is 5.73 Å². The fourth-order valence-corrected chi connectivity index (χ4v) is 3.08. The topological polar surface area (TPSA) is 76.3 Å². The van der Waals surface area contributed by atoms with Crippen LogP contribution in [0.2, 0.25) is 0 Å². The lowest BCUT2D eigenvalue weighted by Crippen LogP contribution is -2.32. The smallest absolute Gasteiger partial charge is 0.264 e. The first-order valence-corrected chi connectivity index (χ1v) is 7.07. The molecule has 2 amide bonds. The number of carbonyl (C=O) groups is 2. The second-order valence-corrected chi connectivity index (χ2v) is 5.78. The Hall–Kier alpha value is -2.21. The van der Waals surface area contributed by atoms with Gasteiger partial charge in [-0.1, -0.05) is 6.07 Å². The van der Waals surface area contributed by atoms with Gasteiger partial charge in [0, 0.05) is 11.1 Å². The quantitative estimate of drug-likeness (QED) is 0.679. The van der Waals surface area contributed by atoms with Gasteiger partial charge in [-0.3, -0.25) is 14.5 Å². The summed E-state index contributed by atoms with van der Waals surface area (Å²) in [5, 5.41) is 2.77. The zero-order valence-corrected chi connectivity index (χ0v) is 11.9. The standard InChI is InChI=1S/C14H13N3O2S/c1-7(11-6-20-8(2)16-11)17-13(18)9-4-3-5-10(15)12(9)14(17)19/h3-7H,15H2,1-2H3. The van der Waals surface area contributed by atoms with Crippen LogP contribution in [-0.4, -0.2) is 21.7 Å². The van der Waals surface area contributed by atoms with E-state index in [-0.39, 0.29) is 11.8 Å². The third-order valence-corrected chi connectivity index (χ3v) is 4.22. The van der Waals surface area contributed by atoms with Crippen LogP contribution in [0.5, 0.6) is 0 Å². The minimum atomic E-state index is -0.397. The summed E-state index contributed by atoms with van der Waals surface area (Å²) in [4.78, 5) is 30.4. The number of thiazole rings is 1. The third-order valence-electron chi connectivity index (χ3n) is 3.43. The van der Waals surface area contributed by atoms with Crippen molar-refractivity contribution >= 4 is 28.8 Å². The average Bonchev–Trinajstić information content (AvgIpc) is 2.94. The number of amides is 2. The maximum atomic E-state index is 12.5. The third kappa shape index (κ3) is 1.72. The summed E-state index contributed by atoms with van der Waals surface area (Å²) in [7, 11) is 0. The highest BCUT2D eigenvalue weighted by molar-refractivity contribution is 7.09. The molecule has 1 unspecified atom stereocenters. The maximum absolute atomic E-state index is 12.5. The van der Waals surface area contributed by atoms with Crippen molar-refractivity contribution < 1.29 is 9.59 Å². The van der Waals surface area contributed by atoms with E-state index in [1.54, 1.807) is 25.1 Å². The number of anilines is 1. The van der Waals surface area contributed by atoms with Crippen LogP contribution in [0.4, 0.5) is 5.69 Å². The number of imide groups is 1. The molecule has 2 heterocycles. The molecule has 5 nitrogen and oxygen atoms in total. The van der Waals surface area contributed by atoms with Crippen LogP contribution in [0.15, 0.2) is 23.6 Å². The summed E-state index contributed by atoms with van der Waals surface area (Å²) in [6.07, 6.45) is 0. The molecule has 0 saturated carbocycles. The molecule has 0 aliphatic carbocycles. The van der Waals surface area contributed by atoms with E-state index in [1.807, 2.05) is 12.3 Å². The van der Waals surface area contributed by atoms with Crippen LogP contribution in [0.1, 0.15) is 44.4 Å². The minimum Gasteiger partial charge on any atom is -0.398 e. The van der Waals surface area contributed by atoms with Gasteiger partial charge in [0.2, 0.25) is 0 Å². The number of rotatable bonds is 2. The van der Waals surface area contributed by atoms with Crippen LogP contribution < -0.4 is 5.73 Å². The van der Waals surface area contributed by atoms with Crippen LogP contribution >= 0.6 is 11.3 Å². The lowest BCUT2D eigenvalue weighted by atomic mass is 10.1. The van der Waals surface area contributed by atoms with E-state index in [2.05, 4.69) is 4.98 Å². The maximum Gasteiger partial charge on any atom is 0.264 e. The molecule has 1 aromatic heterocycles. The van der Waals surface area contributed by atoms with Gasteiger partial charge in [0.05, 0.1) is 27.9 Å². The molecular formula is C14H13N3O2S. The van der Waals surface area contributed by atoms with Crippen LogP contribution in [0.25, 0.3) is 0 Å². The first kappa shape index (κ1) is 12.8. The van der Waals surface area contributed by atoms with Crippen LogP contribution in [0, 0.1) is 6.92 Å². The number of carbonyl (C=O) groups excluding carboxylic acids is 2. The highest BCUT2D eigenvalue weighted by Gasteiger charge is 2.40. The summed E-state index contributed by atoms with van der Waals surface area (Å²) in [6, 6.07) is 4.54. The molecule has 6 heteroatoms. The van der Waals surface area contributed by atoms with Crippen molar-refractivity contribution in [3.05, 3.63) is 45.4 Å². The number of hydrogen-bond acceptors (Lipinski definition) is 5. The number of hydrogen-bond donors (Lipinski definition) is 1. The molecule has 1 aliphatic rings. The second kappa shape index (κ2) is 4.42. The fraction of sp³-hybridized carbons (Fsp3) is 0.214. The molecule has 2 N–H and O–H groups in total. The van der Waals surface area contributed by atoms with Gasteiger partial charge in [0.25, 0.3) is 11.8 Å². The summed E-state index contributed by atoms with van der Waals surface area (Å²) < 4.78 is 0. The molecule has 0 radical (unpaired) electrons. The van der Waals surface area contributed by atoms with Gasteiger partial charge < -0.3 is 5.73 Å². The second-order valence-electron chi connectivity index (χ2n) is 4.72. The summed E-state index contributed by atoms with van der Waals surface area (Å²) in [5.41, 5.74) is 7.55. The van der Waals surface area contributed by atoms with E-state index in [0.29, 0.717) is 16.8 Å². The van der Waals surface area contributed by atoms with Gasteiger partial charge in [-0.2, -0.15) is 0 Å². The predicted molar refractivity (Wildman–Crippen MR) is 76.6 cm³/mol. The molecule has 102 valence electrons. The van der Waals surface area contributed by atoms with E-state index < -0.39 is 6.04 Å². The molecule has 3 rings (SSSR count). The van der Waals surface area contributed by atoms with Crippen molar-refractivity contribution in [3.63, 3.8) is 0 Å². The number of fused-ring (bicyclic) bond motifs is 1. The van der Waals surface area contributed by atoms with E-state index in [9.17, 15) is 9.59 Å². The van der Waals surface area contributed by atoms with Gasteiger partial charge in [-0.05, 0) is 26.0 Å². The van der Waals surface area contributed by atoms with Crippen molar-refractivity contribution in [1.82, 2.24) is 9.88 Å². The van der Waals surface area contributed by atoms with Gasteiger partial charge in [-0.15, -0.1) is 11.3 Å². The van der Waals surface area contributed by atoms with Gasteiger partial charge in [-0.25, -0.2) is 4.98 Å². The molecule has 20 heavy (non-hydrogen) atoms. The number of nitrogens with two attached hydrogens (primary N) is 1. The average molecular weight is 287 g/mol. The number of nitrogen functional groups attached to an aromatic ring is 1. The number of benzene rings is 1. The van der Waals surface area contributed by atoms with Crippen LogP contribution in [-0.2, 0) is 0 Å². The molecule has 1 aromatic carbocycles. The normalized spacial score (nSPS) is 15.6. The number of nitrogens with zero attached hydrogens (tertiary/aromatic N) is 2. The van der Waals surface area contributed by atoms with E-state index in [0.717, 1.165) is 10.7 Å². The van der Waals surface area contributed by atoms with E-state index in [1.165, 1.54) is 16.2 Å². The van der Waals surface area contributed by atoms with Crippen molar-refractivity contribution in [3.8, 4) is 0 Å². The molecular weight excluding hydrogens is 274 g/mol. The molecule has 2 aromatic rings. The fourth-order valence-electron chi connectivity index (χ4n) is 2.39. The molecule has 0 fully saturated rings. The SMILES string of the molecule is Cc1nc(C(C)N2C(=O)c3cccc(N)c3C2=O)cs1. The number of aryl methyl sites for hydroxylation is 1.